The van der Waals surface area contributed by atoms with Crippen LogP contribution < -0.4 is 19.8 Å². The number of esters is 1. The van der Waals surface area contributed by atoms with E-state index in [1.54, 1.807) is 43.0 Å². The van der Waals surface area contributed by atoms with Crippen molar-refractivity contribution in [1.82, 2.24) is 4.57 Å². The van der Waals surface area contributed by atoms with E-state index in [-0.39, 0.29) is 28.2 Å². The number of carbonyl (C=O) groups excluding carboxylic acids is 2. The number of hydrogen-bond acceptors (Lipinski definition) is 6. The van der Waals surface area contributed by atoms with Gasteiger partial charge in [-0.1, -0.05) is 51.0 Å². The molecule has 0 unspecified atom stereocenters. The predicted octanol–water partition coefficient (Wildman–Crippen LogP) is 3.95. The van der Waals surface area contributed by atoms with Gasteiger partial charge in [-0.2, -0.15) is 0 Å². The highest BCUT2D eigenvalue weighted by atomic mass is 79.9. The standard InChI is InChI=1S/C26H21BrClN3O4S/c1-4-30-18-11-8-15(27)12-17(18)20(23(30)32)22-24(33)31-21(14-6-9-16(28)10-7-14)19(25(34)35-5-2)13(3)29-26(31)36-22/h6-12,21H,4-5H2,1-3H3/b22-20+/t21-/m0/s1. The van der Waals surface area contributed by atoms with E-state index in [4.69, 9.17) is 16.3 Å². The second kappa shape index (κ2) is 9.46. The molecule has 1 aromatic heterocycles. The third-order valence-electron chi connectivity index (χ3n) is 6.20. The number of aromatic nitrogens is 1. The lowest BCUT2D eigenvalue weighted by atomic mass is 9.96. The number of benzene rings is 2. The summed E-state index contributed by atoms with van der Waals surface area (Å²) < 4.78 is 7.90. The van der Waals surface area contributed by atoms with Crippen molar-refractivity contribution in [3.8, 4) is 0 Å². The maximum atomic E-state index is 14.0. The SMILES string of the molecule is CCOC(=O)C1=C(C)N=c2s/c(=C3/C(=O)N(CC)c4ccc(Br)cc43)c(=O)n2[C@H]1c1ccc(Cl)cc1. The van der Waals surface area contributed by atoms with E-state index < -0.39 is 12.0 Å². The van der Waals surface area contributed by atoms with Gasteiger partial charge in [0.25, 0.3) is 11.5 Å². The summed E-state index contributed by atoms with van der Waals surface area (Å²) in [4.78, 5) is 47.2. The van der Waals surface area contributed by atoms with Crippen LogP contribution in [-0.2, 0) is 14.3 Å². The minimum atomic E-state index is -0.771. The van der Waals surface area contributed by atoms with Crippen molar-refractivity contribution in [1.29, 1.82) is 0 Å². The molecule has 0 saturated carbocycles. The number of ether oxygens (including phenoxy) is 1. The van der Waals surface area contributed by atoms with E-state index in [1.807, 2.05) is 25.1 Å². The Morgan fingerprint density at radius 3 is 2.56 bits per heavy atom. The fourth-order valence-corrected chi connectivity index (χ4v) is 6.26. The fraction of sp³-hybridized carbons (Fsp3) is 0.231. The van der Waals surface area contributed by atoms with Gasteiger partial charge in [-0.25, -0.2) is 9.79 Å². The van der Waals surface area contributed by atoms with Crippen LogP contribution in [0.3, 0.4) is 0 Å². The number of hydrogen-bond donors (Lipinski definition) is 0. The number of carbonyl (C=O) groups is 2. The van der Waals surface area contributed by atoms with Crippen LogP contribution in [0.2, 0.25) is 5.02 Å². The molecule has 10 heteroatoms. The van der Waals surface area contributed by atoms with Crippen LogP contribution >= 0.6 is 38.9 Å². The molecule has 184 valence electrons. The molecular formula is C26H21BrClN3O4S. The van der Waals surface area contributed by atoms with Crippen molar-refractivity contribution in [3.05, 3.63) is 94.0 Å². The van der Waals surface area contributed by atoms with E-state index in [9.17, 15) is 14.4 Å². The normalized spacial score (nSPS) is 18.2. The van der Waals surface area contributed by atoms with E-state index in [0.29, 0.717) is 38.8 Å². The Morgan fingerprint density at radius 2 is 1.89 bits per heavy atom. The van der Waals surface area contributed by atoms with Crippen LogP contribution in [0.5, 0.6) is 0 Å². The van der Waals surface area contributed by atoms with Gasteiger partial charge >= 0.3 is 5.97 Å². The summed E-state index contributed by atoms with van der Waals surface area (Å²) in [6, 6.07) is 11.8. The zero-order valence-corrected chi connectivity index (χ0v) is 22.8. The number of likely N-dealkylation sites (N-methyl/N-ethyl adjacent to an activating group) is 1. The number of amides is 1. The van der Waals surface area contributed by atoms with Crippen LogP contribution in [0, 0.1) is 0 Å². The molecule has 5 rings (SSSR count). The monoisotopic (exact) mass is 585 g/mol. The first-order chi connectivity index (χ1) is 17.3. The third kappa shape index (κ3) is 3.86. The van der Waals surface area contributed by atoms with E-state index in [1.165, 1.54) is 4.57 Å². The van der Waals surface area contributed by atoms with Crippen molar-refractivity contribution >= 4 is 62.0 Å². The van der Waals surface area contributed by atoms with Crippen LogP contribution in [0.25, 0.3) is 5.57 Å². The van der Waals surface area contributed by atoms with Crippen molar-refractivity contribution in [3.63, 3.8) is 0 Å². The van der Waals surface area contributed by atoms with Gasteiger partial charge in [-0.05, 0) is 56.7 Å². The summed E-state index contributed by atoms with van der Waals surface area (Å²) in [6.45, 7) is 5.99. The number of thiazole rings is 1. The Kier molecular flexibility index (Phi) is 6.48. The number of anilines is 1. The van der Waals surface area contributed by atoms with Gasteiger partial charge in [-0.3, -0.25) is 14.2 Å². The fourth-order valence-electron chi connectivity index (χ4n) is 4.64. The average molecular weight is 587 g/mol. The summed E-state index contributed by atoms with van der Waals surface area (Å²) in [7, 11) is 0. The first-order valence-corrected chi connectivity index (χ1v) is 13.3. The molecule has 0 aliphatic carbocycles. The Labute approximate surface area is 224 Å². The molecule has 0 radical (unpaired) electrons. The summed E-state index contributed by atoms with van der Waals surface area (Å²) in [5.74, 6) is -0.778. The highest BCUT2D eigenvalue weighted by Crippen LogP contribution is 2.37. The lowest BCUT2D eigenvalue weighted by Gasteiger charge is -2.24. The van der Waals surface area contributed by atoms with Gasteiger partial charge in [-0.15, -0.1) is 0 Å². The smallest absolute Gasteiger partial charge is 0.338 e. The maximum absolute atomic E-state index is 14.0. The number of nitrogens with zero attached hydrogens (tertiary/aromatic N) is 3. The molecule has 2 aromatic carbocycles. The second-order valence-corrected chi connectivity index (χ2v) is 10.6. The lowest BCUT2D eigenvalue weighted by Crippen LogP contribution is -2.41. The van der Waals surface area contributed by atoms with E-state index in [0.717, 1.165) is 21.5 Å². The first kappa shape index (κ1) is 24.7. The maximum Gasteiger partial charge on any atom is 0.338 e. The molecule has 0 N–H and O–H groups in total. The van der Waals surface area contributed by atoms with Crippen LogP contribution in [0.1, 0.15) is 37.9 Å². The molecule has 1 atom stereocenters. The molecule has 0 fully saturated rings. The van der Waals surface area contributed by atoms with Gasteiger partial charge in [0.1, 0.15) is 4.53 Å². The molecule has 36 heavy (non-hydrogen) atoms. The number of allylic oxidation sites excluding steroid dienone is 1. The topological polar surface area (TPSA) is 81.0 Å². The number of halogens is 2. The zero-order valence-electron chi connectivity index (χ0n) is 19.7. The summed E-state index contributed by atoms with van der Waals surface area (Å²) in [5, 5.41) is 0.533. The molecule has 0 saturated heterocycles. The summed E-state index contributed by atoms with van der Waals surface area (Å²) in [6.07, 6.45) is 0. The largest absolute Gasteiger partial charge is 0.463 e. The summed E-state index contributed by atoms with van der Waals surface area (Å²) in [5.41, 5.74) is 2.81. The Morgan fingerprint density at radius 1 is 1.17 bits per heavy atom. The first-order valence-electron chi connectivity index (χ1n) is 11.4. The van der Waals surface area contributed by atoms with Crippen molar-refractivity contribution in [2.24, 2.45) is 4.99 Å². The Hall–Kier alpha value is -3.01. The highest BCUT2D eigenvalue weighted by Gasteiger charge is 2.37. The molecule has 2 aliphatic rings. The van der Waals surface area contributed by atoms with Crippen molar-refractivity contribution in [2.75, 3.05) is 18.1 Å². The molecule has 0 spiro atoms. The molecule has 3 aromatic rings. The second-order valence-electron chi connectivity index (χ2n) is 8.26. The van der Waals surface area contributed by atoms with E-state index >= 15 is 0 Å². The molecular weight excluding hydrogens is 566 g/mol. The Bertz CT molecular complexity index is 1640. The lowest BCUT2D eigenvalue weighted by molar-refractivity contribution is -0.139. The van der Waals surface area contributed by atoms with Gasteiger partial charge in [0.2, 0.25) is 0 Å². The van der Waals surface area contributed by atoms with Crippen molar-refractivity contribution in [2.45, 2.75) is 26.8 Å². The Balaban J connectivity index is 1.83. The minimum Gasteiger partial charge on any atom is -0.463 e. The highest BCUT2D eigenvalue weighted by molar-refractivity contribution is 9.10. The van der Waals surface area contributed by atoms with E-state index in [2.05, 4.69) is 20.9 Å². The third-order valence-corrected chi connectivity index (χ3v) is 8.00. The van der Waals surface area contributed by atoms with Gasteiger partial charge in [0, 0.05) is 21.6 Å². The number of fused-ring (bicyclic) bond motifs is 2. The molecule has 2 aliphatic heterocycles. The van der Waals surface area contributed by atoms with Crippen LogP contribution in [0.4, 0.5) is 5.69 Å². The zero-order chi connectivity index (χ0) is 25.7. The number of rotatable bonds is 4. The van der Waals surface area contributed by atoms with Crippen molar-refractivity contribution < 1.29 is 14.3 Å². The molecule has 0 bridgehead atoms. The van der Waals surface area contributed by atoms with Gasteiger partial charge in [0.05, 0.1) is 35.2 Å². The quantitative estimate of drug-likeness (QED) is 0.434. The molecule has 3 heterocycles. The van der Waals surface area contributed by atoms with Gasteiger partial charge in [0.15, 0.2) is 4.80 Å². The predicted molar refractivity (Wildman–Crippen MR) is 143 cm³/mol. The van der Waals surface area contributed by atoms with Crippen LogP contribution in [0.15, 0.2) is 68.0 Å². The summed E-state index contributed by atoms with van der Waals surface area (Å²) >= 11 is 10.7. The molecule has 7 nitrogen and oxygen atoms in total. The minimum absolute atomic E-state index is 0.185. The van der Waals surface area contributed by atoms with Gasteiger partial charge < -0.3 is 9.64 Å². The van der Waals surface area contributed by atoms with Crippen LogP contribution in [-0.4, -0.2) is 29.6 Å². The molecule has 1 amide bonds. The average Bonchev–Trinajstić information content (AvgIpc) is 3.30.